The first-order chi connectivity index (χ1) is 8.52. The topological polar surface area (TPSA) is 63.6 Å². The standard InChI is InChI=1S/C13H13BrO4/c1-18-13(17)7-4-9-2-5-11(14)8-10(9)3-6-12(15)16/h2-3,5-6,8H,4,7H2,1H3,(H,15,16)/b6-3+. The minimum absolute atomic E-state index is 0.270. The van der Waals surface area contributed by atoms with E-state index in [9.17, 15) is 9.59 Å². The van der Waals surface area contributed by atoms with Crippen molar-refractivity contribution in [1.29, 1.82) is 0 Å². The Morgan fingerprint density at radius 1 is 1.44 bits per heavy atom. The molecule has 96 valence electrons. The lowest BCUT2D eigenvalue weighted by molar-refractivity contribution is -0.140. The van der Waals surface area contributed by atoms with Crippen LogP contribution in [0.1, 0.15) is 17.5 Å². The number of benzene rings is 1. The predicted molar refractivity (Wildman–Crippen MR) is 71.1 cm³/mol. The van der Waals surface area contributed by atoms with E-state index in [0.717, 1.165) is 21.7 Å². The van der Waals surface area contributed by atoms with Crippen molar-refractivity contribution >= 4 is 33.9 Å². The molecule has 0 aliphatic heterocycles. The van der Waals surface area contributed by atoms with Crippen molar-refractivity contribution in [3.8, 4) is 0 Å². The van der Waals surface area contributed by atoms with E-state index in [0.29, 0.717) is 6.42 Å². The summed E-state index contributed by atoms with van der Waals surface area (Å²) >= 11 is 3.32. The Morgan fingerprint density at radius 3 is 2.78 bits per heavy atom. The molecule has 0 aromatic heterocycles. The zero-order chi connectivity index (χ0) is 13.5. The van der Waals surface area contributed by atoms with Crippen molar-refractivity contribution < 1.29 is 19.4 Å². The minimum Gasteiger partial charge on any atom is -0.478 e. The SMILES string of the molecule is COC(=O)CCc1ccc(Br)cc1/C=C/C(=O)O. The molecule has 1 aromatic rings. The number of methoxy groups -OCH3 is 1. The molecule has 1 rings (SSSR count). The second-order valence-corrected chi connectivity index (χ2v) is 4.51. The summed E-state index contributed by atoms with van der Waals surface area (Å²) in [5, 5.41) is 8.62. The first kappa shape index (κ1) is 14.4. The molecule has 18 heavy (non-hydrogen) atoms. The highest BCUT2D eigenvalue weighted by Gasteiger charge is 2.05. The number of hydrogen-bond acceptors (Lipinski definition) is 3. The van der Waals surface area contributed by atoms with E-state index < -0.39 is 5.97 Å². The van der Waals surface area contributed by atoms with E-state index in [-0.39, 0.29) is 12.4 Å². The molecular formula is C13H13BrO4. The number of rotatable bonds is 5. The zero-order valence-corrected chi connectivity index (χ0v) is 11.4. The fourth-order valence-corrected chi connectivity index (χ4v) is 1.83. The van der Waals surface area contributed by atoms with Gasteiger partial charge in [-0.2, -0.15) is 0 Å². The van der Waals surface area contributed by atoms with Gasteiger partial charge in [0.2, 0.25) is 0 Å². The summed E-state index contributed by atoms with van der Waals surface area (Å²) in [5.41, 5.74) is 1.68. The molecule has 0 radical (unpaired) electrons. The van der Waals surface area contributed by atoms with Crippen LogP contribution in [0.3, 0.4) is 0 Å². The molecule has 0 saturated carbocycles. The van der Waals surface area contributed by atoms with E-state index in [2.05, 4.69) is 20.7 Å². The molecule has 0 unspecified atom stereocenters. The number of esters is 1. The Balaban J connectivity index is 2.89. The maximum absolute atomic E-state index is 11.1. The number of carbonyl (C=O) groups excluding carboxylic acids is 1. The predicted octanol–water partition coefficient (Wildman–Crippen LogP) is 2.65. The molecule has 0 aliphatic rings. The Kier molecular flexibility index (Phi) is 5.58. The number of halogens is 1. The Morgan fingerprint density at radius 2 is 2.17 bits per heavy atom. The van der Waals surface area contributed by atoms with Crippen LogP contribution in [0.4, 0.5) is 0 Å². The lowest BCUT2D eigenvalue weighted by Gasteiger charge is -2.06. The van der Waals surface area contributed by atoms with E-state index in [1.807, 2.05) is 18.2 Å². The maximum atomic E-state index is 11.1. The summed E-state index contributed by atoms with van der Waals surface area (Å²) in [6.07, 6.45) is 3.37. The van der Waals surface area contributed by atoms with Crippen molar-refractivity contribution in [2.75, 3.05) is 7.11 Å². The highest BCUT2D eigenvalue weighted by atomic mass is 79.9. The molecular weight excluding hydrogens is 300 g/mol. The number of carbonyl (C=O) groups is 2. The van der Waals surface area contributed by atoms with Crippen molar-refractivity contribution in [3.63, 3.8) is 0 Å². The Labute approximate surface area is 113 Å². The number of carboxylic acid groups (broad SMARTS) is 1. The molecule has 0 aliphatic carbocycles. The second-order valence-electron chi connectivity index (χ2n) is 3.59. The Hall–Kier alpha value is -1.62. The van der Waals surface area contributed by atoms with Crippen LogP contribution >= 0.6 is 15.9 Å². The average Bonchev–Trinajstić information content (AvgIpc) is 2.34. The van der Waals surface area contributed by atoms with Gasteiger partial charge in [-0.15, -0.1) is 0 Å². The largest absolute Gasteiger partial charge is 0.478 e. The van der Waals surface area contributed by atoms with E-state index >= 15 is 0 Å². The molecule has 0 bridgehead atoms. The third-order valence-corrected chi connectivity index (χ3v) is 2.83. The fraction of sp³-hybridized carbons (Fsp3) is 0.231. The molecule has 5 heteroatoms. The van der Waals surface area contributed by atoms with Gasteiger partial charge in [0.05, 0.1) is 7.11 Å². The average molecular weight is 313 g/mol. The highest BCUT2D eigenvalue weighted by molar-refractivity contribution is 9.10. The number of aliphatic carboxylic acids is 1. The minimum atomic E-state index is -1.01. The molecule has 0 spiro atoms. The Bertz CT molecular complexity index is 480. The van der Waals surface area contributed by atoms with Crippen molar-refractivity contribution in [2.24, 2.45) is 0 Å². The van der Waals surface area contributed by atoms with Crippen molar-refractivity contribution in [1.82, 2.24) is 0 Å². The number of ether oxygens (including phenoxy) is 1. The fourth-order valence-electron chi connectivity index (χ4n) is 1.45. The molecule has 0 amide bonds. The van der Waals surface area contributed by atoms with E-state index in [1.54, 1.807) is 0 Å². The number of hydrogen-bond donors (Lipinski definition) is 1. The molecule has 4 nitrogen and oxygen atoms in total. The molecule has 0 fully saturated rings. The summed E-state index contributed by atoms with van der Waals surface area (Å²) < 4.78 is 5.43. The third-order valence-electron chi connectivity index (χ3n) is 2.34. The highest BCUT2D eigenvalue weighted by Crippen LogP contribution is 2.19. The summed E-state index contributed by atoms with van der Waals surface area (Å²) in [5.74, 6) is -1.29. The summed E-state index contributed by atoms with van der Waals surface area (Å²) in [6.45, 7) is 0. The quantitative estimate of drug-likeness (QED) is 0.670. The number of aryl methyl sites for hydroxylation is 1. The molecule has 0 saturated heterocycles. The summed E-state index contributed by atoms with van der Waals surface area (Å²) in [6, 6.07) is 5.52. The van der Waals surface area contributed by atoms with Gasteiger partial charge in [0.1, 0.15) is 0 Å². The van der Waals surface area contributed by atoms with Gasteiger partial charge in [0.15, 0.2) is 0 Å². The van der Waals surface area contributed by atoms with Gasteiger partial charge in [-0.05, 0) is 35.8 Å². The first-order valence-corrected chi connectivity index (χ1v) is 6.08. The van der Waals surface area contributed by atoms with Gasteiger partial charge in [0, 0.05) is 17.0 Å². The molecule has 1 aromatic carbocycles. The third kappa shape index (κ3) is 4.71. The lowest BCUT2D eigenvalue weighted by atomic mass is 10.0. The van der Waals surface area contributed by atoms with Crippen LogP contribution in [0, 0.1) is 0 Å². The van der Waals surface area contributed by atoms with Gasteiger partial charge in [-0.25, -0.2) is 4.79 Å². The first-order valence-electron chi connectivity index (χ1n) is 5.29. The monoisotopic (exact) mass is 312 g/mol. The summed E-state index contributed by atoms with van der Waals surface area (Å²) in [4.78, 5) is 21.6. The molecule has 0 heterocycles. The van der Waals surface area contributed by atoms with Crippen molar-refractivity contribution in [2.45, 2.75) is 12.8 Å². The normalized spacial score (nSPS) is 10.6. The van der Waals surface area contributed by atoms with Crippen LogP contribution in [-0.4, -0.2) is 24.2 Å². The van der Waals surface area contributed by atoms with Crippen LogP contribution < -0.4 is 0 Å². The second kappa shape index (κ2) is 6.96. The van der Waals surface area contributed by atoms with Crippen LogP contribution in [0.15, 0.2) is 28.7 Å². The van der Waals surface area contributed by atoms with Gasteiger partial charge in [0.25, 0.3) is 0 Å². The van der Waals surface area contributed by atoms with Crippen LogP contribution in [-0.2, 0) is 20.7 Å². The smallest absolute Gasteiger partial charge is 0.328 e. The van der Waals surface area contributed by atoms with Crippen LogP contribution in [0.2, 0.25) is 0 Å². The van der Waals surface area contributed by atoms with Crippen LogP contribution in [0.25, 0.3) is 6.08 Å². The molecule has 0 atom stereocenters. The van der Waals surface area contributed by atoms with Gasteiger partial charge in [-0.1, -0.05) is 22.0 Å². The number of carboxylic acids is 1. The van der Waals surface area contributed by atoms with Gasteiger partial charge in [-0.3, -0.25) is 4.79 Å². The summed E-state index contributed by atoms with van der Waals surface area (Å²) in [7, 11) is 1.34. The zero-order valence-electron chi connectivity index (χ0n) is 9.85. The maximum Gasteiger partial charge on any atom is 0.328 e. The molecule has 1 N–H and O–H groups in total. The van der Waals surface area contributed by atoms with E-state index in [1.165, 1.54) is 13.2 Å². The van der Waals surface area contributed by atoms with E-state index in [4.69, 9.17) is 5.11 Å². The van der Waals surface area contributed by atoms with Gasteiger partial charge < -0.3 is 9.84 Å². The lowest BCUT2D eigenvalue weighted by Crippen LogP contribution is -2.02. The van der Waals surface area contributed by atoms with Crippen molar-refractivity contribution in [3.05, 3.63) is 39.9 Å². The van der Waals surface area contributed by atoms with Gasteiger partial charge >= 0.3 is 11.9 Å². The van der Waals surface area contributed by atoms with Crippen LogP contribution in [0.5, 0.6) is 0 Å².